The monoisotopic (exact) mass is 262 g/mol. The van der Waals surface area contributed by atoms with E-state index < -0.39 is 6.10 Å². The lowest BCUT2D eigenvalue weighted by Gasteiger charge is -2.29. The van der Waals surface area contributed by atoms with E-state index in [2.05, 4.69) is 4.90 Å². The van der Waals surface area contributed by atoms with Crippen molar-refractivity contribution in [2.75, 3.05) is 11.4 Å². The largest absolute Gasteiger partial charge is 0.389 e. The van der Waals surface area contributed by atoms with E-state index in [9.17, 15) is 15.2 Å². The van der Waals surface area contributed by atoms with Crippen LogP contribution in [-0.2, 0) is 0 Å². The van der Waals surface area contributed by atoms with E-state index in [1.54, 1.807) is 19.1 Å². The van der Waals surface area contributed by atoms with Crippen molar-refractivity contribution in [1.29, 1.82) is 0 Å². The maximum Gasteiger partial charge on any atom is 0.292 e. The van der Waals surface area contributed by atoms with Gasteiger partial charge in [0.2, 0.25) is 0 Å². The molecule has 1 heterocycles. The summed E-state index contributed by atoms with van der Waals surface area (Å²) in [4.78, 5) is 13.1. The summed E-state index contributed by atoms with van der Waals surface area (Å²) in [7, 11) is 0. The highest BCUT2D eigenvalue weighted by atomic mass is 16.6. The lowest BCUT2D eigenvalue weighted by molar-refractivity contribution is -0.384. The Morgan fingerprint density at radius 2 is 2.26 bits per heavy atom. The normalized spacial score (nSPS) is 26.7. The average molecular weight is 262 g/mol. The van der Waals surface area contributed by atoms with Crippen LogP contribution in [0.3, 0.4) is 0 Å². The van der Waals surface area contributed by atoms with Crippen molar-refractivity contribution < 1.29 is 10.0 Å². The molecule has 3 rings (SSSR count). The molecule has 2 aliphatic rings. The highest BCUT2D eigenvalue weighted by Gasteiger charge is 2.40. The second-order valence-electron chi connectivity index (χ2n) is 5.67. The summed E-state index contributed by atoms with van der Waals surface area (Å²) in [5.74, 6) is 0.695. The van der Waals surface area contributed by atoms with Crippen molar-refractivity contribution in [1.82, 2.24) is 0 Å². The van der Waals surface area contributed by atoms with Crippen molar-refractivity contribution in [3.05, 3.63) is 33.9 Å². The molecule has 1 saturated heterocycles. The molecule has 0 aromatic heterocycles. The number of hydrogen-bond donors (Lipinski definition) is 1. The van der Waals surface area contributed by atoms with E-state index in [0.29, 0.717) is 23.2 Å². The van der Waals surface area contributed by atoms with E-state index in [1.807, 2.05) is 0 Å². The Labute approximate surface area is 112 Å². The van der Waals surface area contributed by atoms with E-state index in [0.717, 1.165) is 19.4 Å². The molecule has 1 saturated carbocycles. The molecule has 0 radical (unpaired) electrons. The molecule has 1 aliphatic heterocycles. The fraction of sp³-hybridized carbons (Fsp3) is 0.571. The number of nitro benzene ring substituents is 1. The summed E-state index contributed by atoms with van der Waals surface area (Å²) in [6.07, 6.45) is 2.87. The smallest absolute Gasteiger partial charge is 0.292 e. The van der Waals surface area contributed by atoms with Crippen molar-refractivity contribution in [2.45, 2.75) is 38.3 Å². The zero-order valence-corrected chi connectivity index (χ0v) is 11.0. The third kappa shape index (κ3) is 2.08. The molecule has 102 valence electrons. The van der Waals surface area contributed by atoms with Crippen LogP contribution in [0.1, 0.15) is 37.9 Å². The molecule has 5 nitrogen and oxygen atoms in total. The van der Waals surface area contributed by atoms with Gasteiger partial charge in [-0.25, -0.2) is 0 Å². The average Bonchev–Trinajstić information content (AvgIpc) is 3.00. The third-order valence-corrected chi connectivity index (χ3v) is 4.40. The zero-order valence-electron chi connectivity index (χ0n) is 11.0. The fourth-order valence-corrected chi connectivity index (χ4v) is 3.41. The summed E-state index contributed by atoms with van der Waals surface area (Å²) >= 11 is 0. The Balaban J connectivity index is 1.99. The summed E-state index contributed by atoms with van der Waals surface area (Å²) in [6, 6.07) is 5.55. The molecule has 2 fully saturated rings. The van der Waals surface area contributed by atoms with Crippen LogP contribution >= 0.6 is 0 Å². The number of aliphatic hydroxyl groups is 1. The number of hydrogen-bond acceptors (Lipinski definition) is 4. The molecule has 5 heteroatoms. The van der Waals surface area contributed by atoms with Gasteiger partial charge in [-0.05, 0) is 43.7 Å². The minimum atomic E-state index is -0.678. The molecule has 2 bridgehead atoms. The van der Waals surface area contributed by atoms with Gasteiger partial charge in [-0.1, -0.05) is 6.07 Å². The number of benzene rings is 1. The highest BCUT2D eigenvalue weighted by molar-refractivity contribution is 5.66. The molecular weight excluding hydrogens is 244 g/mol. The van der Waals surface area contributed by atoms with Gasteiger partial charge in [0.15, 0.2) is 0 Å². The number of piperidine rings is 1. The Bertz CT molecular complexity index is 515. The van der Waals surface area contributed by atoms with Crippen molar-refractivity contribution in [3.8, 4) is 0 Å². The first-order valence-electron chi connectivity index (χ1n) is 6.79. The van der Waals surface area contributed by atoms with Gasteiger partial charge >= 0.3 is 0 Å². The second-order valence-corrected chi connectivity index (χ2v) is 5.67. The van der Waals surface area contributed by atoms with Crippen LogP contribution in [0.5, 0.6) is 0 Å². The molecule has 19 heavy (non-hydrogen) atoms. The Morgan fingerprint density at radius 1 is 1.47 bits per heavy atom. The Morgan fingerprint density at radius 3 is 2.79 bits per heavy atom. The van der Waals surface area contributed by atoms with Gasteiger partial charge < -0.3 is 10.0 Å². The van der Waals surface area contributed by atoms with Gasteiger partial charge in [-0.3, -0.25) is 10.1 Å². The summed E-state index contributed by atoms with van der Waals surface area (Å²) in [6.45, 7) is 2.55. The first-order valence-corrected chi connectivity index (χ1v) is 6.79. The van der Waals surface area contributed by atoms with Crippen LogP contribution < -0.4 is 4.90 Å². The second kappa shape index (κ2) is 4.49. The highest BCUT2D eigenvalue weighted by Crippen LogP contribution is 2.43. The van der Waals surface area contributed by atoms with Crippen molar-refractivity contribution in [2.24, 2.45) is 5.92 Å². The van der Waals surface area contributed by atoms with Gasteiger partial charge in [0, 0.05) is 18.7 Å². The van der Waals surface area contributed by atoms with Crippen molar-refractivity contribution in [3.63, 3.8) is 0 Å². The maximum atomic E-state index is 11.3. The summed E-state index contributed by atoms with van der Waals surface area (Å²) in [5, 5.41) is 20.8. The van der Waals surface area contributed by atoms with Crippen molar-refractivity contribution >= 4 is 11.4 Å². The molecule has 1 aromatic carbocycles. The van der Waals surface area contributed by atoms with Crippen LogP contribution in [-0.4, -0.2) is 22.6 Å². The number of nitro groups is 1. The molecule has 1 N–H and O–H groups in total. The van der Waals surface area contributed by atoms with E-state index in [-0.39, 0.29) is 10.6 Å². The predicted molar refractivity (Wildman–Crippen MR) is 72.2 cm³/mol. The van der Waals surface area contributed by atoms with Crippen LogP contribution in [0.15, 0.2) is 18.2 Å². The third-order valence-electron chi connectivity index (χ3n) is 4.40. The number of nitrogens with zero attached hydrogens (tertiary/aromatic N) is 2. The van der Waals surface area contributed by atoms with E-state index >= 15 is 0 Å². The molecular formula is C14H18N2O3. The summed E-state index contributed by atoms with van der Waals surface area (Å²) in [5.41, 5.74) is 1.42. The Kier molecular flexibility index (Phi) is 2.93. The first-order chi connectivity index (χ1) is 9.06. The Hall–Kier alpha value is -1.62. The SMILES string of the molecule is CC(O)c1ccc(N2CC3CCC2C3)c([N+](=O)[O-])c1. The van der Waals surface area contributed by atoms with E-state index in [1.165, 1.54) is 12.5 Å². The molecule has 1 aliphatic carbocycles. The number of rotatable bonds is 3. The minimum Gasteiger partial charge on any atom is -0.389 e. The maximum absolute atomic E-state index is 11.3. The lowest BCUT2D eigenvalue weighted by Crippen LogP contribution is -2.32. The minimum absolute atomic E-state index is 0.117. The molecule has 1 aromatic rings. The lowest BCUT2D eigenvalue weighted by atomic mass is 10.1. The fourth-order valence-electron chi connectivity index (χ4n) is 3.41. The summed E-state index contributed by atoms with van der Waals surface area (Å²) < 4.78 is 0. The molecule has 0 amide bonds. The van der Waals surface area contributed by atoms with Crippen LogP contribution in [0.2, 0.25) is 0 Å². The van der Waals surface area contributed by atoms with E-state index in [4.69, 9.17) is 0 Å². The first kappa shape index (κ1) is 12.4. The number of fused-ring (bicyclic) bond motifs is 2. The standard InChI is InChI=1S/C14H18N2O3/c1-9(17)11-3-5-13(14(7-11)16(18)19)15-8-10-2-4-12(15)6-10/h3,5,7,9-10,12,17H,2,4,6,8H2,1H3. The van der Waals surface area contributed by atoms with Gasteiger partial charge in [-0.15, -0.1) is 0 Å². The molecule has 0 spiro atoms. The molecule has 3 unspecified atom stereocenters. The quantitative estimate of drug-likeness (QED) is 0.671. The topological polar surface area (TPSA) is 66.6 Å². The number of aliphatic hydroxyl groups excluding tert-OH is 1. The van der Waals surface area contributed by atoms with Crippen LogP contribution in [0, 0.1) is 16.0 Å². The van der Waals surface area contributed by atoms with Gasteiger partial charge in [0.25, 0.3) is 5.69 Å². The van der Waals surface area contributed by atoms with Gasteiger partial charge in [-0.2, -0.15) is 0 Å². The van der Waals surface area contributed by atoms with Gasteiger partial charge in [0.05, 0.1) is 11.0 Å². The number of anilines is 1. The van der Waals surface area contributed by atoms with Crippen LogP contribution in [0.4, 0.5) is 11.4 Å². The molecule has 3 atom stereocenters. The van der Waals surface area contributed by atoms with Crippen LogP contribution in [0.25, 0.3) is 0 Å². The zero-order chi connectivity index (χ0) is 13.6. The van der Waals surface area contributed by atoms with Gasteiger partial charge in [0.1, 0.15) is 5.69 Å². The predicted octanol–water partition coefficient (Wildman–Crippen LogP) is 2.64.